The van der Waals surface area contributed by atoms with Crippen LogP contribution in [0, 0.1) is 11.8 Å². The summed E-state index contributed by atoms with van der Waals surface area (Å²) in [6, 6.07) is 9.54. The molecule has 2 aliphatic carbocycles. The van der Waals surface area contributed by atoms with Gasteiger partial charge in [-0.3, -0.25) is 0 Å². The molecule has 1 aromatic rings. The normalized spacial score (nSPS) is 18.0. The lowest BCUT2D eigenvalue weighted by Crippen LogP contribution is -2.53. The summed E-state index contributed by atoms with van der Waals surface area (Å²) in [5.41, 5.74) is 11.1. The van der Waals surface area contributed by atoms with Gasteiger partial charge in [0.1, 0.15) is 0 Å². The van der Waals surface area contributed by atoms with Crippen LogP contribution in [0.3, 0.4) is 0 Å². The van der Waals surface area contributed by atoms with E-state index in [1.54, 1.807) is 0 Å². The predicted molar refractivity (Wildman–Crippen MR) is 133 cm³/mol. The highest BCUT2D eigenvalue weighted by atomic mass is 15.0. The van der Waals surface area contributed by atoms with Crippen molar-refractivity contribution in [2.75, 3.05) is 13.1 Å². The first kappa shape index (κ1) is 23.8. The lowest BCUT2D eigenvalue weighted by Gasteiger charge is -2.41. The SMILES string of the molecule is CC(C)(C)NC(C)(C)C(CCN)c1ccc(C#CC2=CC=C(CNC3CC3)CC2)cc1. The molecule has 0 aliphatic heterocycles. The first-order valence-electron chi connectivity index (χ1n) is 11.9. The van der Waals surface area contributed by atoms with E-state index in [1.165, 1.54) is 29.6 Å². The molecule has 1 fully saturated rings. The van der Waals surface area contributed by atoms with Crippen LogP contribution in [0.4, 0.5) is 0 Å². The van der Waals surface area contributed by atoms with E-state index >= 15 is 0 Å². The minimum absolute atomic E-state index is 0.0455. The number of nitrogens with two attached hydrogens (primary N) is 1. The fourth-order valence-electron chi connectivity index (χ4n) is 4.61. The van der Waals surface area contributed by atoms with Gasteiger partial charge in [0.25, 0.3) is 0 Å². The quantitative estimate of drug-likeness (QED) is 0.518. The van der Waals surface area contributed by atoms with Gasteiger partial charge < -0.3 is 16.4 Å². The van der Waals surface area contributed by atoms with Crippen molar-refractivity contribution in [3.05, 3.63) is 58.7 Å². The molecule has 1 aromatic carbocycles. The van der Waals surface area contributed by atoms with Crippen molar-refractivity contribution in [2.24, 2.45) is 5.73 Å². The van der Waals surface area contributed by atoms with Crippen molar-refractivity contribution in [3.63, 3.8) is 0 Å². The molecule has 0 spiro atoms. The topological polar surface area (TPSA) is 50.1 Å². The minimum atomic E-state index is -0.0455. The van der Waals surface area contributed by atoms with Crippen LogP contribution < -0.4 is 16.4 Å². The Balaban J connectivity index is 1.65. The van der Waals surface area contributed by atoms with Crippen LogP contribution in [0.15, 0.2) is 47.6 Å². The Hall–Kier alpha value is -1.86. The zero-order chi connectivity index (χ0) is 22.5. The van der Waals surface area contributed by atoms with E-state index in [1.807, 2.05) is 0 Å². The zero-order valence-corrected chi connectivity index (χ0v) is 20.1. The van der Waals surface area contributed by atoms with Gasteiger partial charge in [0, 0.05) is 40.7 Å². The second-order valence-corrected chi connectivity index (χ2v) is 10.8. The van der Waals surface area contributed by atoms with E-state index < -0.39 is 0 Å². The van der Waals surface area contributed by atoms with Crippen molar-refractivity contribution in [1.29, 1.82) is 0 Å². The molecule has 0 radical (unpaired) electrons. The van der Waals surface area contributed by atoms with Gasteiger partial charge in [-0.15, -0.1) is 0 Å². The summed E-state index contributed by atoms with van der Waals surface area (Å²) in [5.74, 6) is 7.10. The molecular weight excluding hydrogens is 378 g/mol. The molecular formula is C28H41N3. The lowest BCUT2D eigenvalue weighted by molar-refractivity contribution is 0.235. The molecule has 1 unspecified atom stereocenters. The first-order chi connectivity index (χ1) is 14.7. The molecule has 3 heteroatoms. The monoisotopic (exact) mass is 419 g/mol. The highest BCUT2D eigenvalue weighted by Gasteiger charge is 2.33. The maximum atomic E-state index is 5.97. The number of hydrogen-bond acceptors (Lipinski definition) is 3. The van der Waals surface area contributed by atoms with Crippen molar-refractivity contribution >= 4 is 0 Å². The van der Waals surface area contributed by atoms with Gasteiger partial charge in [0.05, 0.1) is 0 Å². The Bertz CT molecular complexity index is 852. The lowest BCUT2D eigenvalue weighted by atomic mass is 9.78. The number of rotatable bonds is 8. The zero-order valence-electron chi connectivity index (χ0n) is 20.1. The summed E-state index contributed by atoms with van der Waals surface area (Å²) in [5, 5.41) is 7.38. The average molecular weight is 420 g/mol. The van der Waals surface area contributed by atoms with E-state index in [-0.39, 0.29) is 11.1 Å². The van der Waals surface area contributed by atoms with Gasteiger partial charge >= 0.3 is 0 Å². The van der Waals surface area contributed by atoms with Gasteiger partial charge in [-0.25, -0.2) is 0 Å². The minimum Gasteiger partial charge on any atom is -0.330 e. The van der Waals surface area contributed by atoms with Crippen molar-refractivity contribution in [3.8, 4) is 11.8 Å². The van der Waals surface area contributed by atoms with Gasteiger partial charge in [0.2, 0.25) is 0 Å². The molecule has 3 nitrogen and oxygen atoms in total. The Morgan fingerprint density at radius 3 is 2.26 bits per heavy atom. The Labute approximate surface area is 190 Å². The van der Waals surface area contributed by atoms with Crippen LogP contribution in [0.1, 0.15) is 83.8 Å². The van der Waals surface area contributed by atoms with Gasteiger partial charge in [-0.1, -0.05) is 41.7 Å². The number of hydrogen-bond donors (Lipinski definition) is 3. The molecule has 168 valence electrons. The number of nitrogens with one attached hydrogen (secondary N) is 2. The molecule has 1 saturated carbocycles. The molecule has 3 rings (SSSR count). The van der Waals surface area contributed by atoms with Crippen molar-refractivity contribution in [2.45, 2.75) is 89.8 Å². The fourth-order valence-corrected chi connectivity index (χ4v) is 4.61. The van der Waals surface area contributed by atoms with Crippen LogP contribution in [0.5, 0.6) is 0 Å². The van der Waals surface area contributed by atoms with Gasteiger partial charge in [-0.05, 0) is 91.0 Å². The van der Waals surface area contributed by atoms with Crippen LogP contribution in [-0.4, -0.2) is 30.2 Å². The van der Waals surface area contributed by atoms with E-state index in [9.17, 15) is 0 Å². The van der Waals surface area contributed by atoms with E-state index in [0.29, 0.717) is 12.5 Å². The van der Waals surface area contributed by atoms with Crippen molar-refractivity contribution in [1.82, 2.24) is 10.6 Å². The van der Waals surface area contributed by atoms with Gasteiger partial charge in [-0.2, -0.15) is 0 Å². The van der Waals surface area contributed by atoms with Gasteiger partial charge in [0.15, 0.2) is 0 Å². The average Bonchev–Trinajstić information content (AvgIpc) is 3.53. The second-order valence-electron chi connectivity index (χ2n) is 10.8. The standard InChI is InChI=1S/C28H41N3/c1-27(2,3)31-28(4,5)26(18-19-29)24-14-12-22(13-15-24)7-6-21-8-10-23(11-9-21)20-30-25-16-17-25/h8,10,12-15,25-26,30-31H,9,11,16-20,29H2,1-5H3. The molecule has 0 aromatic heterocycles. The number of allylic oxidation sites excluding steroid dienone is 3. The molecule has 1 atom stereocenters. The predicted octanol–water partition coefficient (Wildman–Crippen LogP) is 5.04. The summed E-state index contributed by atoms with van der Waals surface area (Å²) in [6.45, 7) is 12.9. The maximum Gasteiger partial charge on any atom is 0.0249 e. The summed E-state index contributed by atoms with van der Waals surface area (Å²) >= 11 is 0. The van der Waals surface area contributed by atoms with E-state index in [0.717, 1.165) is 37.4 Å². The largest absolute Gasteiger partial charge is 0.330 e. The maximum absolute atomic E-state index is 5.97. The Kier molecular flexibility index (Phi) is 7.81. The third kappa shape index (κ3) is 7.65. The summed E-state index contributed by atoms with van der Waals surface area (Å²) in [6.07, 6.45) is 10.3. The van der Waals surface area contributed by atoms with Crippen LogP contribution in [-0.2, 0) is 0 Å². The Morgan fingerprint density at radius 1 is 1.00 bits per heavy atom. The third-order valence-electron chi connectivity index (χ3n) is 6.13. The molecule has 0 saturated heterocycles. The molecule has 0 bridgehead atoms. The van der Waals surface area contributed by atoms with Crippen LogP contribution >= 0.6 is 0 Å². The summed E-state index contributed by atoms with van der Waals surface area (Å²) in [7, 11) is 0. The molecule has 31 heavy (non-hydrogen) atoms. The third-order valence-corrected chi connectivity index (χ3v) is 6.13. The smallest absolute Gasteiger partial charge is 0.0249 e. The van der Waals surface area contributed by atoms with Crippen LogP contribution in [0.25, 0.3) is 0 Å². The molecule has 0 amide bonds. The Morgan fingerprint density at radius 2 is 1.71 bits per heavy atom. The highest BCUT2D eigenvalue weighted by Crippen LogP contribution is 2.32. The second kappa shape index (κ2) is 10.2. The summed E-state index contributed by atoms with van der Waals surface area (Å²) < 4.78 is 0. The van der Waals surface area contributed by atoms with Crippen molar-refractivity contribution < 1.29 is 0 Å². The summed E-state index contributed by atoms with van der Waals surface area (Å²) in [4.78, 5) is 0. The molecule has 2 aliphatic rings. The molecule has 0 heterocycles. The van der Waals surface area contributed by atoms with E-state index in [4.69, 9.17) is 5.73 Å². The first-order valence-corrected chi connectivity index (χ1v) is 11.9. The van der Waals surface area contributed by atoms with E-state index in [2.05, 4.69) is 93.5 Å². The highest BCUT2D eigenvalue weighted by molar-refractivity contribution is 5.45. The molecule has 4 N–H and O–H groups in total. The van der Waals surface area contributed by atoms with Crippen LogP contribution in [0.2, 0.25) is 0 Å². The fraction of sp³-hybridized carbons (Fsp3) is 0.571. The number of benzene rings is 1.